The Morgan fingerprint density at radius 3 is 2.09 bits per heavy atom. The van der Waals surface area contributed by atoms with Crippen LogP contribution in [-0.4, -0.2) is 33.5 Å². The van der Waals surface area contributed by atoms with Crippen molar-refractivity contribution in [3.63, 3.8) is 0 Å². The van der Waals surface area contributed by atoms with E-state index in [-0.39, 0.29) is 29.8 Å². The van der Waals surface area contributed by atoms with Gasteiger partial charge in [-0.3, -0.25) is 14.3 Å². The summed E-state index contributed by atoms with van der Waals surface area (Å²) in [5, 5.41) is 2.70. The van der Waals surface area contributed by atoms with Crippen LogP contribution in [0, 0.1) is 13.8 Å². The molecule has 0 atom stereocenters. The molecule has 9 heteroatoms. The van der Waals surface area contributed by atoms with Crippen molar-refractivity contribution in [1.29, 1.82) is 0 Å². The Balaban J connectivity index is 1.52. The van der Waals surface area contributed by atoms with Gasteiger partial charge in [0, 0.05) is 11.4 Å². The molecular weight excluding hydrogens is 468 g/mol. The molecule has 0 aliphatic heterocycles. The fourth-order valence-corrected chi connectivity index (χ4v) is 4.43. The number of aryl methyl sites for hydroxylation is 2. The number of ether oxygens (including phenoxy) is 2. The molecule has 3 rings (SSSR count). The number of amides is 1. The SMILES string of the molecule is CCOC(=O)Cc1ccc(NC(=O)COc2ccc(S(=O)(=O)Nc3cc(C)cc(C)c3)cc2)cc1. The molecule has 0 bridgehead atoms. The second-order valence-electron chi connectivity index (χ2n) is 7.97. The Bertz CT molecular complexity index is 1270. The van der Waals surface area contributed by atoms with Crippen LogP contribution in [0.15, 0.2) is 71.6 Å². The zero-order chi connectivity index (χ0) is 25.4. The lowest BCUT2D eigenvalue weighted by atomic mass is 10.1. The third-order valence-electron chi connectivity index (χ3n) is 4.87. The van der Waals surface area contributed by atoms with E-state index in [1.54, 1.807) is 43.3 Å². The fourth-order valence-electron chi connectivity index (χ4n) is 3.39. The van der Waals surface area contributed by atoms with Crippen LogP contribution in [0.1, 0.15) is 23.6 Å². The molecule has 3 aromatic rings. The van der Waals surface area contributed by atoms with Crippen LogP contribution in [0.3, 0.4) is 0 Å². The van der Waals surface area contributed by atoms with Gasteiger partial charge in [-0.05, 0) is 86.0 Å². The molecular formula is C26H28N2O6S. The Morgan fingerprint density at radius 1 is 0.857 bits per heavy atom. The van der Waals surface area contributed by atoms with Crippen molar-refractivity contribution in [2.45, 2.75) is 32.1 Å². The maximum absolute atomic E-state index is 12.7. The normalized spacial score (nSPS) is 10.9. The molecule has 184 valence electrons. The Morgan fingerprint density at radius 2 is 1.49 bits per heavy atom. The molecule has 0 aliphatic carbocycles. The Kier molecular flexibility index (Phi) is 8.48. The van der Waals surface area contributed by atoms with Gasteiger partial charge in [0.2, 0.25) is 0 Å². The van der Waals surface area contributed by atoms with E-state index in [2.05, 4.69) is 10.0 Å². The molecule has 0 heterocycles. The quantitative estimate of drug-likeness (QED) is 0.407. The zero-order valence-electron chi connectivity index (χ0n) is 19.8. The number of hydrogen-bond donors (Lipinski definition) is 2. The molecule has 0 aliphatic rings. The van der Waals surface area contributed by atoms with Crippen molar-refractivity contribution in [3.8, 4) is 5.75 Å². The van der Waals surface area contributed by atoms with E-state index in [9.17, 15) is 18.0 Å². The lowest BCUT2D eigenvalue weighted by Gasteiger charge is -2.11. The average Bonchev–Trinajstić information content (AvgIpc) is 2.78. The van der Waals surface area contributed by atoms with Crippen LogP contribution in [0.2, 0.25) is 0 Å². The van der Waals surface area contributed by atoms with Gasteiger partial charge in [-0.2, -0.15) is 0 Å². The van der Waals surface area contributed by atoms with E-state index in [1.807, 2.05) is 19.9 Å². The van der Waals surface area contributed by atoms with Gasteiger partial charge in [0.05, 0.1) is 17.9 Å². The third kappa shape index (κ3) is 7.86. The smallest absolute Gasteiger partial charge is 0.310 e. The number of sulfonamides is 1. The van der Waals surface area contributed by atoms with Crippen molar-refractivity contribution < 1.29 is 27.5 Å². The highest BCUT2D eigenvalue weighted by Gasteiger charge is 2.15. The summed E-state index contributed by atoms with van der Waals surface area (Å²) in [5.74, 6) is -0.329. The summed E-state index contributed by atoms with van der Waals surface area (Å²) in [6.07, 6.45) is 0.164. The summed E-state index contributed by atoms with van der Waals surface area (Å²) >= 11 is 0. The summed E-state index contributed by atoms with van der Waals surface area (Å²) in [5.41, 5.74) is 3.74. The van der Waals surface area contributed by atoms with E-state index >= 15 is 0 Å². The number of carbonyl (C=O) groups is 2. The minimum atomic E-state index is -3.76. The predicted octanol–water partition coefficient (Wildman–Crippen LogP) is 4.23. The van der Waals surface area contributed by atoms with Crippen LogP contribution < -0.4 is 14.8 Å². The fraction of sp³-hybridized carbons (Fsp3) is 0.231. The number of benzene rings is 3. The molecule has 0 saturated heterocycles. The highest BCUT2D eigenvalue weighted by Crippen LogP contribution is 2.21. The molecule has 1 amide bonds. The van der Waals surface area contributed by atoms with Gasteiger partial charge in [-0.15, -0.1) is 0 Å². The van der Waals surface area contributed by atoms with Crippen LogP contribution >= 0.6 is 0 Å². The summed E-state index contributed by atoms with van der Waals surface area (Å²) < 4.78 is 38.3. The molecule has 0 saturated carbocycles. The van der Waals surface area contributed by atoms with Gasteiger partial charge < -0.3 is 14.8 Å². The number of esters is 1. The first-order chi connectivity index (χ1) is 16.6. The van der Waals surface area contributed by atoms with Crippen LogP contribution in [0.4, 0.5) is 11.4 Å². The molecule has 8 nitrogen and oxygen atoms in total. The van der Waals surface area contributed by atoms with Gasteiger partial charge in [0.15, 0.2) is 6.61 Å². The maximum Gasteiger partial charge on any atom is 0.310 e. The number of nitrogens with one attached hydrogen (secondary N) is 2. The summed E-state index contributed by atoms with van der Waals surface area (Å²) in [6.45, 7) is 5.62. The Hall–Kier alpha value is -3.85. The van der Waals surface area contributed by atoms with E-state index in [0.717, 1.165) is 16.7 Å². The van der Waals surface area contributed by atoms with E-state index in [4.69, 9.17) is 9.47 Å². The van der Waals surface area contributed by atoms with E-state index in [0.29, 0.717) is 23.7 Å². The average molecular weight is 497 g/mol. The number of carbonyl (C=O) groups excluding carboxylic acids is 2. The monoisotopic (exact) mass is 496 g/mol. The standard InChI is InChI=1S/C26H28N2O6S/c1-4-33-26(30)16-20-5-7-21(8-6-20)27-25(29)17-34-23-9-11-24(12-10-23)35(31,32)28-22-14-18(2)13-19(3)15-22/h5-15,28H,4,16-17H2,1-3H3,(H,27,29). The second-order valence-corrected chi connectivity index (χ2v) is 9.65. The first-order valence-corrected chi connectivity index (χ1v) is 12.5. The largest absolute Gasteiger partial charge is 0.484 e. The minimum absolute atomic E-state index is 0.0800. The van der Waals surface area contributed by atoms with Crippen LogP contribution in [-0.2, 0) is 30.8 Å². The number of rotatable bonds is 10. The van der Waals surface area contributed by atoms with Gasteiger partial charge in [-0.25, -0.2) is 8.42 Å². The van der Waals surface area contributed by atoms with Crippen molar-refractivity contribution in [1.82, 2.24) is 0 Å². The minimum Gasteiger partial charge on any atom is -0.484 e. The molecule has 2 N–H and O–H groups in total. The lowest BCUT2D eigenvalue weighted by Crippen LogP contribution is -2.20. The molecule has 0 fully saturated rings. The summed E-state index contributed by atoms with van der Waals surface area (Å²) in [7, 11) is -3.76. The van der Waals surface area contributed by atoms with Gasteiger partial charge >= 0.3 is 5.97 Å². The van der Waals surface area contributed by atoms with E-state index in [1.165, 1.54) is 24.3 Å². The predicted molar refractivity (Wildman–Crippen MR) is 134 cm³/mol. The molecule has 0 spiro atoms. The molecule has 35 heavy (non-hydrogen) atoms. The van der Waals surface area contributed by atoms with Crippen molar-refractivity contribution in [2.75, 3.05) is 23.3 Å². The van der Waals surface area contributed by atoms with Gasteiger partial charge in [-0.1, -0.05) is 18.2 Å². The highest BCUT2D eigenvalue weighted by atomic mass is 32.2. The third-order valence-corrected chi connectivity index (χ3v) is 6.27. The lowest BCUT2D eigenvalue weighted by molar-refractivity contribution is -0.142. The van der Waals surface area contributed by atoms with Crippen LogP contribution in [0.5, 0.6) is 5.75 Å². The molecule has 3 aromatic carbocycles. The topological polar surface area (TPSA) is 111 Å². The van der Waals surface area contributed by atoms with Crippen molar-refractivity contribution in [2.24, 2.45) is 0 Å². The summed E-state index contributed by atoms with van der Waals surface area (Å²) in [6, 6.07) is 18.1. The summed E-state index contributed by atoms with van der Waals surface area (Å²) in [4.78, 5) is 23.8. The maximum atomic E-state index is 12.7. The molecule has 0 radical (unpaired) electrons. The number of hydrogen-bond acceptors (Lipinski definition) is 6. The first-order valence-electron chi connectivity index (χ1n) is 11.0. The van der Waals surface area contributed by atoms with Gasteiger partial charge in [0.25, 0.3) is 15.9 Å². The zero-order valence-corrected chi connectivity index (χ0v) is 20.6. The van der Waals surface area contributed by atoms with Crippen molar-refractivity contribution >= 4 is 33.3 Å². The highest BCUT2D eigenvalue weighted by molar-refractivity contribution is 7.92. The van der Waals surface area contributed by atoms with E-state index < -0.39 is 10.0 Å². The van der Waals surface area contributed by atoms with Gasteiger partial charge in [0.1, 0.15) is 5.75 Å². The number of anilines is 2. The second kappa shape index (κ2) is 11.5. The molecule has 0 aromatic heterocycles. The Labute approximate surface area is 205 Å². The van der Waals surface area contributed by atoms with Crippen LogP contribution in [0.25, 0.3) is 0 Å². The molecule has 0 unspecified atom stereocenters. The first kappa shape index (κ1) is 25.8. The van der Waals surface area contributed by atoms with Crippen molar-refractivity contribution in [3.05, 3.63) is 83.4 Å².